The Bertz CT molecular complexity index is 317. The summed E-state index contributed by atoms with van der Waals surface area (Å²) in [6.07, 6.45) is 3.64. The van der Waals surface area contributed by atoms with Crippen molar-refractivity contribution in [3.05, 3.63) is 12.7 Å². The van der Waals surface area contributed by atoms with Crippen molar-refractivity contribution in [2.45, 2.75) is 18.4 Å². The Morgan fingerprint density at radius 1 is 1.71 bits per heavy atom. The second-order valence-electron chi connectivity index (χ2n) is 3.44. The van der Waals surface area contributed by atoms with Crippen LogP contribution in [-0.2, 0) is 15.1 Å². The summed E-state index contributed by atoms with van der Waals surface area (Å²) < 4.78 is 6.82. The van der Waals surface area contributed by atoms with Crippen LogP contribution in [0.25, 0.3) is 0 Å². The maximum absolute atomic E-state index is 10.7. The van der Waals surface area contributed by atoms with Crippen LogP contribution < -0.4 is 0 Å². The summed E-state index contributed by atoms with van der Waals surface area (Å²) in [6, 6.07) is 0. The molecule has 0 aliphatic carbocycles. The average Bonchev–Trinajstić information content (AvgIpc) is 2.69. The molecule has 0 radical (unpaired) electrons. The second kappa shape index (κ2) is 3.38. The summed E-state index contributed by atoms with van der Waals surface area (Å²) >= 11 is 0. The third-order valence-electron chi connectivity index (χ3n) is 2.47. The molecule has 1 N–H and O–H groups in total. The number of rotatable bonds is 3. The average molecular weight is 197 g/mol. The first-order valence-corrected chi connectivity index (χ1v) is 4.38. The Labute approximate surface area is 80.5 Å². The molecule has 1 aliphatic heterocycles. The SMILES string of the molecule is O=C(O)CC1(n2cncn2)CCOC1. The van der Waals surface area contributed by atoms with E-state index < -0.39 is 11.5 Å². The van der Waals surface area contributed by atoms with Gasteiger partial charge in [-0.1, -0.05) is 0 Å². The van der Waals surface area contributed by atoms with Gasteiger partial charge in [-0.25, -0.2) is 9.67 Å². The van der Waals surface area contributed by atoms with Gasteiger partial charge < -0.3 is 9.84 Å². The zero-order valence-corrected chi connectivity index (χ0v) is 7.59. The number of aliphatic carboxylic acids is 1. The quantitative estimate of drug-likeness (QED) is 0.730. The first-order valence-electron chi connectivity index (χ1n) is 4.38. The zero-order chi connectivity index (χ0) is 10.0. The molecule has 1 atom stereocenters. The van der Waals surface area contributed by atoms with Crippen molar-refractivity contribution in [3.63, 3.8) is 0 Å². The van der Waals surface area contributed by atoms with Gasteiger partial charge in [0.2, 0.25) is 0 Å². The van der Waals surface area contributed by atoms with Gasteiger partial charge in [0.1, 0.15) is 18.2 Å². The number of carbonyl (C=O) groups is 1. The van der Waals surface area contributed by atoms with E-state index in [9.17, 15) is 4.79 Å². The zero-order valence-electron chi connectivity index (χ0n) is 7.59. The first kappa shape index (κ1) is 9.14. The highest BCUT2D eigenvalue weighted by Gasteiger charge is 2.39. The Balaban J connectivity index is 2.26. The van der Waals surface area contributed by atoms with Crippen LogP contribution >= 0.6 is 0 Å². The Morgan fingerprint density at radius 2 is 2.57 bits per heavy atom. The van der Waals surface area contributed by atoms with E-state index in [0.717, 1.165) is 0 Å². The van der Waals surface area contributed by atoms with E-state index in [1.165, 1.54) is 12.7 Å². The molecule has 14 heavy (non-hydrogen) atoms. The van der Waals surface area contributed by atoms with E-state index in [-0.39, 0.29) is 6.42 Å². The lowest BCUT2D eigenvalue weighted by Gasteiger charge is -2.25. The van der Waals surface area contributed by atoms with Crippen molar-refractivity contribution in [1.82, 2.24) is 14.8 Å². The van der Waals surface area contributed by atoms with Crippen LogP contribution in [0.2, 0.25) is 0 Å². The topological polar surface area (TPSA) is 77.2 Å². The summed E-state index contributed by atoms with van der Waals surface area (Å²) in [5.74, 6) is -0.842. The Kier molecular flexibility index (Phi) is 2.20. The fourth-order valence-corrected chi connectivity index (χ4v) is 1.73. The molecule has 0 bridgehead atoms. The number of carboxylic acids is 1. The standard InChI is InChI=1S/C8H11N3O3/c12-7(13)3-8(1-2-14-4-8)11-6-9-5-10-11/h5-6H,1-4H2,(H,12,13). The van der Waals surface area contributed by atoms with E-state index in [4.69, 9.17) is 9.84 Å². The summed E-state index contributed by atoms with van der Waals surface area (Å²) in [5, 5.41) is 12.8. The molecule has 1 aliphatic rings. The van der Waals surface area contributed by atoms with Crippen LogP contribution in [0.15, 0.2) is 12.7 Å². The van der Waals surface area contributed by atoms with E-state index in [1.807, 2.05) is 0 Å². The molecular weight excluding hydrogens is 186 g/mol. The normalized spacial score (nSPS) is 26.6. The van der Waals surface area contributed by atoms with Crippen LogP contribution in [0.5, 0.6) is 0 Å². The van der Waals surface area contributed by atoms with Crippen molar-refractivity contribution in [2.75, 3.05) is 13.2 Å². The first-order chi connectivity index (χ1) is 6.73. The lowest BCUT2D eigenvalue weighted by molar-refractivity contribution is -0.139. The molecule has 0 aromatic carbocycles. The van der Waals surface area contributed by atoms with Crippen molar-refractivity contribution in [2.24, 2.45) is 0 Å². The molecule has 0 spiro atoms. The fraction of sp³-hybridized carbons (Fsp3) is 0.625. The highest BCUT2D eigenvalue weighted by Crippen LogP contribution is 2.29. The molecule has 1 aromatic heterocycles. The van der Waals surface area contributed by atoms with E-state index in [2.05, 4.69) is 10.1 Å². The maximum Gasteiger partial charge on any atom is 0.305 e. The van der Waals surface area contributed by atoms with Gasteiger partial charge in [-0.3, -0.25) is 4.79 Å². The van der Waals surface area contributed by atoms with Crippen molar-refractivity contribution < 1.29 is 14.6 Å². The van der Waals surface area contributed by atoms with E-state index >= 15 is 0 Å². The van der Waals surface area contributed by atoms with Gasteiger partial charge in [-0.15, -0.1) is 0 Å². The molecule has 1 fully saturated rings. The molecule has 2 rings (SSSR count). The Hall–Kier alpha value is -1.43. The van der Waals surface area contributed by atoms with Crippen LogP contribution in [-0.4, -0.2) is 39.1 Å². The molecule has 0 saturated carbocycles. The van der Waals surface area contributed by atoms with Crippen molar-refractivity contribution >= 4 is 5.97 Å². The predicted molar refractivity (Wildman–Crippen MR) is 45.7 cm³/mol. The predicted octanol–water partition coefficient (Wildman–Crippen LogP) is -0.132. The van der Waals surface area contributed by atoms with Gasteiger partial charge in [0.25, 0.3) is 0 Å². The lowest BCUT2D eigenvalue weighted by Crippen LogP contribution is -2.37. The molecule has 6 nitrogen and oxygen atoms in total. The van der Waals surface area contributed by atoms with Gasteiger partial charge in [-0.2, -0.15) is 5.10 Å². The number of ether oxygens (including phenoxy) is 1. The Morgan fingerprint density at radius 3 is 3.07 bits per heavy atom. The van der Waals surface area contributed by atoms with E-state index in [1.54, 1.807) is 4.68 Å². The van der Waals surface area contributed by atoms with Crippen LogP contribution in [0.1, 0.15) is 12.8 Å². The molecule has 2 heterocycles. The molecule has 0 amide bonds. The van der Waals surface area contributed by atoms with Gasteiger partial charge in [0.05, 0.1) is 13.0 Å². The van der Waals surface area contributed by atoms with Gasteiger partial charge in [0, 0.05) is 6.61 Å². The van der Waals surface area contributed by atoms with Crippen molar-refractivity contribution in [1.29, 1.82) is 0 Å². The van der Waals surface area contributed by atoms with Crippen LogP contribution in [0.3, 0.4) is 0 Å². The molecular formula is C8H11N3O3. The number of hydrogen-bond donors (Lipinski definition) is 1. The minimum atomic E-state index is -0.842. The molecule has 1 aromatic rings. The molecule has 1 unspecified atom stereocenters. The van der Waals surface area contributed by atoms with E-state index in [0.29, 0.717) is 19.6 Å². The largest absolute Gasteiger partial charge is 0.481 e. The van der Waals surface area contributed by atoms with Crippen molar-refractivity contribution in [3.8, 4) is 0 Å². The molecule has 76 valence electrons. The number of nitrogens with zero attached hydrogens (tertiary/aromatic N) is 3. The van der Waals surface area contributed by atoms with Crippen LogP contribution in [0.4, 0.5) is 0 Å². The number of aromatic nitrogens is 3. The fourth-order valence-electron chi connectivity index (χ4n) is 1.73. The van der Waals surface area contributed by atoms with Gasteiger partial charge in [0.15, 0.2) is 0 Å². The van der Waals surface area contributed by atoms with Gasteiger partial charge in [-0.05, 0) is 6.42 Å². The third-order valence-corrected chi connectivity index (χ3v) is 2.47. The summed E-state index contributed by atoms with van der Waals surface area (Å²) in [5.41, 5.74) is -0.539. The molecule has 6 heteroatoms. The molecule has 1 saturated heterocycles. The number of hydrogen-bond acceptors (Lipinski definition) is 4. The second-order valence-corrected chi connectivity index (χ2v) is 3.44. The summed E-state index contributed by atoms with van der Waals surface area (Å²) in [6.45, 7) is 0.968. The smallest absolute Gasteiger partial charge is 0.305 e. The van der Waals surface area contributed by atoms with Gasteiger partial charge >= 0.3 is 5.97 Å². The lowest BCUT2D eigenvalue weighted by atomic mass is 9.95. The minimum absolute atomic E-state index is 0.0242. The third kappa shape index (κ3) is 1.48. The maximum atomic E-state index is 10.7. The highest BCUT2D eigenvalue weighted by atomic mass is 16.5. The highest BCUT2D eigenvalue weighted by molar-refractivity contribution is 5.68. The summed E-state index contributed by atoms with van der Waals surface area (Å²) in [4.78, 5) is 14.6. The monoisotopic (exact) mass is 197 g/mol. The minimum Gasteiger partial charge on any atom is -0.481 e. The number of carboxylic acid groups (broad SMARTS) is 1. The van der Waals surface area contributed by atoms with Crippen LogP contribution in [0, 0.1) is 0 Å². The summed E-state index contributed by atoms with van der Waals surface area (Å²) in [7, 11) is 0.